The zero-order valence-corrected chi connectivity index (χ0v) is 19.5. The van der Waals surface area contributed by atoms with Crippen LogP contribution in [-0.4, -0.2) is 64.2 Å². The van der Waals surface area contributed by atoms with Crippen molar-refractivity contribution in [1.29, 1.82) is 0 Å². The van der Waals surface area contributed by atoms with Crippen LogP contribution in [0.3, 0.4) is 0 Å². The van der Waals surface area contributed by atoms with Gasteiger partial charge in [0.05, 0.1) is 31.2 Å². The minimum atomic E-state index is -4.20. The Balaban J connectivity index is 1.56. The number of rotatable bonds is 5. The monoisotopic (exact) mass is 492 g/mol. The van der Waals surface area contributed by atoms with E-state index in [1.807, 2.05) is 0 Å². The van der Waals surface area contributed by atoms with Gasteiger partial charge in [-0.05, 0) is 43.2 Å². The highest BCUT2D eigenvalue weighted by molar-refractivity contribution is 7.92. The largest absolute Gasteiger partial charge is 0.490 e. The molecule has 2 aliphatic heterocycles. The van der Waals surface area contributed by atoms with Crippen LogP contribution in [0.25, 0.3) is 0 Å². The number of benzene rings is 2. The Kier molecular flexibility index (Phi) is 6.76. The summed E-state index contributed by atoms with van der Waals surface area (Å²) in [7, 11) is -1.24. The molecule has 1 amide bonds. The molecule has 0 unspecified atom stereocenters. The normalized spacial score (nSPS) is 22.5. The van der Waals surface area contributed by atoms with Crippen molar-refractivity contribution >= 4 is 27.6 Å². The van der Waals surface area contributed by atoms with Gasteiger partial charge in [-0.25, -0.2) is 12.8 Å². The van der Waals surface area contributed by atoms with E-state index in [0.717, 1.165) is 12.1 Å². The Morgan fingerprint density at radius 3 is 2.74 bits per heavy atom. The maximum absolute atomic E-state index is 14.0. The molecule has 0 saturated carbocycles. The minimum absolute atomic E-state index is 0.0995. The van der Waals surface area contributed by atoms with E-state index in [1.54, 1.807) is 11.9 Å². The number of nitrogens with one attached hydrogen (secondary N) is 1. The molecule has 9 nitrogen and oxygen atoms in total. The minimum Gasteiger partial charge on any atom is -0.490 e. The van der Waals surface area contributed by atoms with Gasteiger partial charge in [-0.3, -0.25) is 14.3 Å². The molecule has 3 atom stereocenters. The molecule has 2 aromatic carbocycles. The summed E-state index contributed by atoms with van der Waals surface area (Å²) in [6.45, 7) is 0.146. The Morgan fingerprint density at radius 1 is 1.24 bits per heavy atom. The van der Waals surface area contributed by atoms with Gasteiger partial charge in [-0.1, -0.05) is 12.1 Å². The van der Waals surface area contributed by atoms with Crippen LogP contribution in [0, 0.1) is 5.82 Å². The van der Waals surface area contributed by atoms with Crippen LogP contribution in [0.15, 0.2) is 47.4 Å². The highest BCUT2D eigenvalue weighted by atomic mass is 32.2. The summed E-state index contributed by atoms with van der Waals surface area (Å²) in [6, 6.07) is 9.03. The van der Waals surface area contributed by atoms with Crippen molar-refractivity contribution in [2.45, 2.75) is 42.4 Å². The number of anilines is 1. The van der Waals surface area contributed by atoms with Gasteiger partial charge >= 0.3 is 5.97 Å². The summed E-state index contributed by atoms with van der Waals surface area (Å²) in [4.78, 5) is 25.9. The maximum Gasteiger partial charge on any atom is 0.308 e. The molecule has 2 aromatic rings. The predicted octanol–water partition coefficient (Wildman–Crippen LogP) is 2.57. The van der Waals surface area contributed by atoms with Gasteiger partial charge in [0.1, 0.15) is 29.2 Å². The lowest BCUT2D eigenvalue weighted by Crippen LogP contribution is -2.53. The second-order valence-corrected chi connectivity index (χ2v) is 9.85. The van der Waals surface area contributed by atoms with Crippen LogP contribution in [0.1, 0.15) is 29.6 Å². The molecular formula is C23H25FN2O7S. The number of hydrogen-bond donors (Lipinski definition) is 1. The quantitative estimate of drug-likeness (QED) is 0.639. The summed E-state index contributed by atoms with van der Waals surface area (Å²) in [5, 5.41) is 0. The molecule has 0 radical (unpaired) electrons. The lowest BCUT2D eigenvalue weighted by Gasteiger charge is -2.42. The molecule has 0 spiro atoms. The van der Waals surface area contributed by atoms with Crippen LogP contribution < -0.4 is 9.46 Å². The molecular weight excluding hydrogens is 467 g/mol. The summed E-state index contributed by atoms with van der Waals surface area (Å²) in [6.07, 6.45) is 0.537. The topological polar surface area (TPSA) is 111 Å². The van der Waals surface area contributed by atoms with E-state index in [-0.39, 0.29) is 54.1 Å². The number of sulfonamides is 1. The summed E-state index contributed by atoms with van der Waals surface area (Å²) < 4.78 is 58.2. The molecule has 1 saturated heterocycles. The van der Waals surface area contributed by atoms with E-state index in [0.29, 0.717) is 12.8 Å². The first-order chi connectivity index (χ1) is 16.2. The molecule has 1 N–H and O–H groups in total. The van der Waals surface area contributed by atoms with Crippen molar-refractivity contribution in [2.75, 3.05) is 25.5 Å². The third-order valence-electron chi connectivity index (χ3n) is 6.01. The number of halogens is 1. The van der Waals surface area contributed by atoms with Crippen molar-refractivity contribution in [1.82, 2.24) is 4.90 Å². The van der Waals surface area contributed by atoms with Gasteiger partial charge < -0.3 is 19.1 Å². The first-order valence-corrected chi connectivity index (χ1v) is 12.2. The molecule has 0 bridgehead atoms. The first-order valence-electron chi connectivity index (χ1n) is 10.7. The number of ether oxygens (including phenoxy) is 3. The van der Waals surface area contributed by atoms with E-state index in [4.69, 9.17) is 14.2 Å². The lowest BCUT2D eigenvalue weighted by molar-refractivity contribution is -0.151. The zero-order valence-electron chi connectivity index (χ0n) is 18.7. The lowest BCUT2D eigenvalue weighted by atomic mass is 9.94. The number of esters is 1. The molecule has 1 fully saturated rings. The summed E-state index contributed by atoms with van der Waals surface area (Å²) in [5.41, 5.74) is 0.272. The van der Waals surface area contributed by atoms with Crippen LogP contribution in [0.5, 0.6) is 5.75 Å². The van der Waals surface area contributed by atoms with Crippen molar-refractivity contribution < 1.29 is 36.6 Å². The second kappa shape index (κ2) is 9.59. The summed E-state index contributed by atoms with van der Waals surface area (Å²) in [5.74, 6) is -1.35. The highest BCUT2D eigenvalue weighted by Crippen LogP contribution is 2.33. The molecule has 34 heavy (non-hydrogen) atoms. The Labute approximate surface area is 196 Å². The summed E-state index contributed by atoms with van der Waals surface area (Å²) >= 11 is 0. The molecule has 2 heterocycles. The third kappa shape index (κ3) is 4.85. The number of methoxy groups -OCH3 is 1. The average Bonchev–Trinajstić information content (AvgIpc) is 2.81. The van der Waals surface area contributed by atoms with E-state index in [1.165, 1.54) is 37.4 Å². The van der Waals surface area contributed by atoms with Gasteiger partial charge in [0.15, 0.2) is 0 Å². The Hall–Kier alpha value is -3.18. The zero-order chi connectivity index (χ0) is 24.5. The number of likely N-dealkylation sites (N-methyl/N-ethyl adjacent to an activating group) is 1. The van der Waals surface area contributed by atoms with E-state index in [2.05, 4.69) is 4.72 Å². The molecule has 0 aromatic heterocycles. The van der Waals surface area contributed by atoms with Gasteiger partial charge in [0, 0.05) is 12.7 Å². The number of hydrogen-bond acceptors (Lipinski definition) is 7. The smallest absolute Gasteiger partial charge is 0.308 e. The highest BCUT2D eigenvalue weighted by Gasteiger charge is 2.39. The molecule has 0 aliphatic carbocycles. The van der Waals surface area contributed by atoms with Gasteiger partial charge in [-0.2, -0.15) is 0 Å². The van der Waals surface area contributed by atoms with Crippen molar-refractivity contribution in [3.05, 3.63) is 53.8 Å². The van der Waals surface area contributed by atoms with Crippen molar-refractivity contribution in [3.63, 3.8) is 0 Å². The second-order valence-electron chi connectivity index (χ2n) is 8.20. The number of carbonyl (C=O) groups excluding carboxylic acids is 2. The molecule has 11 heteroatoms. The third-order valence-corrected chi connectivity index (χ3v) is 7.43. The standard InChI is InChI=1S/C23H25FN2O7S/c1-26-18-9-8-15(12-22(27)31-2)33-20(18)13-32-19-10-7-14(11-16(19)23(26)28)25-34(29,30)21-6-4-3-5-17(21)24/h3-7,10-11,15,18,20,25H,8-9,12-13H2,1-2H3/t15-,18-,20+/m0/s1. The fourth-order valence-electron chi connectivity index (χ4n) is 4.23. The van der Waals surface area contributed by atoms with Crippen LogP contribution in [0.4, 0.5) is 10.1 Å². The fraction of sp³-hybridized carbons (Fsp3) is 0.391. The van der Waals surface area contributed by atoms with Crippen LogP contribution in [0.2, 0.25) is 0 Å². The van der Waals surface area contributed by atoms with Crippen LogP contribution in [-0.2, 0) is 24.3 Å². The average molecular weight is 493 g/mol. The van der Waals surface area contributed by atoms with E-state index in [9.17, 15) is 22.4 Å². The first kappa shape index (κ1) is 24.0. The SMILES string of the molecule is COC(=O)C[C@@H]1CC[C@H]2[C@@H](COc3ccc(NS(=O)(=O)c4ccccc4F)cc3C(=O)N2C)O1. The number of carbonyl (C=O) groups is 2. The van der Waals surface area contributed by atoms with Gasteiger partial charge in [0.25, 0.3) is 15.9 Å². The van der Waals surface area contributed by atoms with Crippen molar-refractivity contribution in [3.8, 4) is 5.75 Å². The van der Waals surface area contributed by atoms with Crippen molar-refractivity contribution in [2.24, 2.45) is 0 Å². The number of nitrogens with zero attached hydrogens (tertiary/aromatic N) is 1. The molecule has 182 valence electrons. The molecule has 4 rings (SSSR count). The molecule has 2 aliphatic rings. The van der Waals surface area contributed by atoms with Gasteiger partial charge in [-0.15, -0.1) is 0 Å². The maximum atomic E-state index is 14.0. The Bertz CT molecular complexity index is 1200. The van der Waals surface area contributed by atoms with E-state index >= 15 is 0 Å². The number of amides is 1. The van der Waals surface area contributed by atoms with Crippen LogP contribution >= 0.6 is 0 Å². The Morgan fingerprint density at radius 2 is 2.00 bits per heavy atom. The fourth-order valence-corrected chi connectivity index (χ4v) is 5.36. The van der Waals surface area contributed by atoms with Gasteiger partial charge in [0.2, 0.25) is 0 Å². The predicted molar refractivity (Wildman–Crippen MR) is 120 cm³/mol. The number of fused-ring (bicyclic) bond motifs is 2. The van der Waals surface area contributed by atoms with E-state index < -0.39 is 26.8 Å².